The molecule has 1 rings (SSSR count). The predicted octanol–water partition coefficient (Wildman–Crippen LogP) is 1.90. The normalized spacial score (nSPS) is 14.2. The molecule has 0 aliphatic rings. The van der Waals surface area contributed by atoms with Gasteiger partial charge in [-0.1, -0.05) is 27.2 Å². The number of nitrogens with zero attached hydrogens (tertiary/aromatic N) is 2. The van der Waals surface area contributed by atoms with Crippen LogP contribution < -0.4 is 10.6 Å². The van der Waals surface area contributed by atoms with E-state index >= 15 is 0 Å². The fraction of sp³-hybridized carbons (Fsp3) is 0.714. The van der Waals surface area contributed by atoms with Crippen LogP contribution in [0.4, 0.5) is 10.6 Å². The third-order valence-electron chi connectivity index (χ3n) is 3.53. The van der Waals surface area contributed by atoms with Crippen molar-refractivity contribution in [2.75, 3.05) is 11.9 Å². The molecule has 6 nitrogen and oxygen atoms in total. The van der Waals surface area contributed by atoms with Crippen molar-refractivity contribution in [2.24, 2.45) is 13.0 Å². The SMILES string of the molecule is CCCc1cc(NC(=O)NCC(C)(O)C(C)C)n(C)n1. The summed E-state index contributed by atoms with van der Waals surface area (Å²) in [6, 6.07) is 1.53. The van der Waals surface area contributed by atoms with Crippen LogP contribution in [-0.4, -0.2) is 33.1 Å². The minimum atomic E-state index is -0.919. The van der Waals surface area contributed by atoms with Crippen LogP contribution in [0.15, 0.2) is 6.07 Å². The lowest BCUT2D eigenvalue weighted by molar-refractivity contribution is 0.0170. The van der Waals surface area contributed by atoms with E-state index in [4.69, 9.17) is 0 Å². The van der Waals surface area contributed by atoms with E-state index in [-0.39, 0.29) is 18.5 Å². The number of rotatable bonds is 6. The van der Waals surface area contributed by atoms with Crippen LogP contribution in [0.5, 0.6) is 0 Å². The molecule has 2 amide bonds. The van der Waals surface area contributed by atoms with Crippen LogP contribution >= 0.6 is 0 Å². The molecule has 1 unspecified atom stereocenters. The van der Waals surface area contributed by atoms with Crippen LogP contribution in [0.1, 0.15) is 39.8 Å². The first kappa shape index (κ1) is 16.5. The molecule has 1 aromatic heterocycles. The van der Waals surface area contributed by atoms with Gasteiger partial charge in [0.1, 0.15) is 5.82 Å². The first-order valence-corrected chi connectivity index (χ1v) is 7.06. The molecule has 0 aliphatic carbocycles. The number of aliphatic hydroxyl groups is 1. The fourth-order valence-electron chi connectivity index (χ4n) is 1.65. The summed E-state index contributed by atoms with van der Waals surface area (Å²) in [5, 5.41) is 19.8. The zero-order chi connectivity index (χ0) is 15.3. The quantitative estimate of drug-likeness (QED) is 0.745. The second kappa shape index (κ2) is 6.74. The molecule has 0 spiro atoms. The largest absolute Gasteiger partial charge is 0.388 e. The van der Waals surface area contributed by atoms with Crippen molar-refractivity contribution >= 4 is 11.8 Å². The monoisotopic (exact) mass is 282 g/mol. The van der Waals surface area contributed by atoms with Gasteiger partial charge in [-0.3, -0.25) is 10.00 Å². The lowest BCUT2D eigenvalue weighted by Crippen LogP contribution is -2.45. The average molecular weight is 282 g/mol. The Kier molecular flexibility index (Phi) is 5.56. The van der Waals surface area contributed by atoms with Gasteiger partial charge in [0.15, 0.2) is 0 Å². The molecule has 0 saturated heterocycles. The van der Waals surface area contributed by atoms with Crippen molar-refractivity contribution in [3.63, 3.8) is 0 Å². The number of hydrogen-bond acceptors (Lipinski definition) is 3. The Morgan fingerprint density at radius 3 is 2.75 bits per heavy atom. The Morgan fingerprint density at radius 1 is 1.55 bits per heavy atom. The molecule has 0 aliphatic heterocycles. The molecular weight excluding hydrogens is 256 g/mol. The van der Waals surface area contributed by atoms with E-state index in [0.717, 1.165) is 18.5 Å². The summed E-state index contributed by atoms with van der Waals surface area (Å²) in [5.41, 5.74) is 0.0384. The Bertz CT molecular complexity index is 452. The van der Waals surface area contributed by atoms with Crippen LogP contribution in [0.2, 0.25) is 0 Å². The maximum absolute atomic E-state index is 11.8. The first-order valence-electron chi connectivity index (χ1n) is 7.06. The molecule has 1 heterocycles. The first-order chi connectivity index (χ1) is 9.26. The van der Waals surface area contributed by atoms with Gasteiger partial charge in [-0.2, -0.15) is 5.10 Å². The van der Waals surface area contributed by atoms with Gasteiger partial charge in [-0.15, -0.1) is 0 Å². The zero-order valence-corrected chi connectivity index (χ0v) is 13.0. The number of hydrogen-bond donors (Lipinski definition) is 3. The van der Waals surface area contributed by atoms with Gasteiger partial charge in [0, 0.05) is 19.7 Å². The Morgan fingerprint density at radius 2 is 2.20 bits per heavy atom. The topological polar surface area (TPSA) is 79.2 Å². The van der Waals surface area contributed by atoms with E-state index in [0.29, 0.717) is 5.82 Å². The van der Waals surface area contributed by atoms with Gasteiger partial charge < -0.3 is 10.4 Å². The summed E-state index contributed by atoms with van der Waals surface area (Å²) < 4.78 is 1.64. The maximum atomic E-state index is 11.8. The molecular formula is C14H26N4O2. The molecule has 0 fully saturated rings. The number of aromatic nitrogens is 2. The number of carbonyl (C=O) groups is 1. The molecule has 114 valence electrons. The Hall–Kier alpha value is -1.56. The lowest BCUT2D eigenvalue weighted by atomic mass is 9.93. The summed E-state index contributed by atoms with van der Waals surface area (Å²) in [6.45, 7) is 7.83. The molecule has 0 radical (unpaired) electrons. The minimum Gasteiger partial charge on any atom is -0.388 e. The van der Waals surface area contributed by atoms with Gasteiger partial charge in [0.2, 0.25) is 0 Å². The molecule has 1 aromatic rings. The third-order valence-corrected chi connectivity index (χ3v) is 3.53. The number of aryl methyl sites for hydroxylation is 2. The summed E-state index contributed by atoms with van der Waals surface area (Å²) >= 11 is 0. The molecule has 0 saturated carbocycles. The van der Waals surface area contributed by atoms with Gasteiger partial charge >= 0.3 is 6.03 Å². The highest BCUT2D eigenvalue weighted by Gasteiger charge is 2.25. The van der Waals surface area contributed by atoms with Crippen molar-refractivity contribution in [2.45, 2.75) is 46.1 Å². The standard InChI is InChI=1S/C14H26N4O2/c1-6-7-11-8-12(18(5)17-11)16-13(19)15-9-14(4,20)10(2)3/h8,10,20H,6-7,9H2,1-5H3,(H2,15,16,19). The third kappa shape index (κ3) is 4.52. The van der Waals surface area contributed by atoms with Crippen molar-refractivity contribution < 1.29 is 9.90 Å². The van der Waals surface area contributed by atoms with Gasteiger partial charge in [-0.25, -0.2) is 4.79 Å². The lowest BCUT2D eigenvalue weighted by Gasteiger charge is -2.27. The molecule has 20 heavy (non-hydrogen) atoms. The van der Waals surface area contributed by atoms with E-state index in [1.807, 2.05) is 19.9 Å². The number of amides is 2. The molecule has 3 N–H and O–H groups in total. The van der Waals surface area contributed by atoms with Crippen molar-refractivity contribution in [3.8, 4) is 0 Å². The van der Waals surface area contributed by atoms with Crippen molar-refractivity contribution in [3.05, 3.63) is 11.8 Å². The summed E-state index contributed by atoms with van der Waals surface area (Å²) in [4.78, 5) is 11.8. The smallest absolute Gasteiger partial charge is 0.320 e. The van der Waals surface area contributed by atoms with E-state index < -0.39 is 5.60 Å². The summed E-state index contributed by atoms with van der Waals surface area (Å²) in [6.07, 6.45) is 1.90. The number of carbonyl (C=O) groups excluding carboxylic acids is 1. The highest BCUT2D eigenvalue weighted by atomic mass is 16.3. The highest BCUT2D eigenvalue weighted by Crippen LogP contribution is 2.15. The number of anilines is 1. The van der Waals surface area contributed by atoms with E-state index in [1.165, 1.54) is 0 Å². The summed E-state index contributed by atoms with van der Waals surface area (Å²) in [5.74, 6) is 0.714. The van der Waals surface area contributed by atoms with E-state index in [2.05, 4.69) is 22.7 Å². The number of urea groups is 1. The molecule has 1 atom stereocenters. The van der Waals surface area contributed by atoms with Crippen molar-refractivity contribution in [1.82, 2.24) is 15.1 Å². The van der Waals surface area contributed by atoms with Crippen LogP contribution in [0.25, 0.3) is 0 Å². The van der Waals surface area contributed by atoms with Crippen molar-refractivity contribution in [1.29, 1.82) is 0 Å². The summed E-state index contributed by atoms with van der Waals surface area (Å²) in [7, 11) is 1.79. The molecule has 6 heteroatoms. The van der Waals surface area contributed by atoms with Gasteiger partial charge in [-0.05, 0) is 19.3 Å². The Labute approximate surface area is 120 Å². The molecule has 0 aromatic carbocycles. The minimum absolute atomic E-state index is 0.0654. The predicted molar refractivity (Wildman–Crippen MR) is 79.7 cm³/mol. The fourth-order valence-corrected chi connectivity index (χ4v) is 1.65. The van der Waals surface area contributed by atoms with Gasteiger partial charge in [0.25, 0.3) is 0 Å². The maximum Gasteiger partial charge on any atom is 0.320 e. The van der Waals surface area contributed by atoms with Gasteiger partial charge in [0.05, 0.1) is 11.3 Å². The highest BCUT2D eigenvalue weighted by molar-refractivity contribution is 5.88. The number of nitrogens with one attached hydrogen (secondary N) is 2. The second-order valence-electron chi connectivity index (χ2n) is 5.71. The second-order valence-corrected chi connectivity index (χ2v) is 5.71. The zero-order valence-electron chi connectivity index (χ0n) is 13.0. The van der Waals surface area contributed by atoms with E-state index in [1.54, 1.807) is 18.7 Å². The van der Waals surface area contributed by atoms with Crippen LogP contribution in [0, 0.1) is 5.92 Å². The van der Waals surface area contributed by atoms with Crippen LogP contribution in [0.3, 0.4) is 0 Å². The van der Waals surface area contributed by atoms with E-state index in [9.17, 15) is 9.90 Å². The Balaban J connectivity index is 2.54. The van der Waals surface area contributed by atoms with Crippen LogP contribution in [-0.2, 0) is 13.5 Å². The molecule has 0 bridgehead atoms. The average Bonchev–Trinajstić information content (AvgIpc) is 2.68.